The standard InChI is InChI=1S/C12H20N4O2/c1-8-2-3-13-10(8)11(17)15-4-5-16-9(7-15)6-14-12(16)18/h8-10,13H,2-7H2,1H3,(H,14,18). The second-order valence-electron chi connectivity index (χ2n) is 5.52. The van der Waals surface area contributed by atoms with Gasteiger partial charge in [-0.15, -0.1) is 0 Å². The lowest BCUT2D eigenvalue weighted by Gasteiger charge is -2.38. The lowest BCUT2D eigenvalue weighted by Crippen LogP contribution is -2.57. The summed E-state index contributed by atoms with van der Waals surface area (Å²) in [5, 5.41) is 6.12. The first-order chi connectivity index (χ1) is 8.66. The van der Waals surface area contributed by atoms with Gasteiger partial charge in [0.25, 0.3) is 0 Å². The molecule has 3 aliphatic rings. The molecular weight excluding hydrogens is 232 g/mol. The molecule has 0 spiro atoms. The van der Waals surface area contributed by atoms with Crippen LogP contribution in [-0.2, 0) is 4.79 Å². The third kappa shape index (κ3) is 1.84. The topological polar surface area (TPSA) is 64.7 Å². The quantitative estimate of drug-likeness (QED) is 0.643. The van der Waals surface area contributed by atoms with E-state index in [0.29, 0.717) is 32.1 Å². The van der Waals surface area contributed by atoms with E-state index in [1.807, 2.05) is 9.80 Å². The van der Waals surface area contributed by atoms with E-state index in [4.69, 9.17) is 0 Å². The van der Waals surface area contributed by atoms with Crippen molar-refractivity contribution in [2.75, 3.05) is 32.7 Å². The van der Waals surface area contributed by atoms with Gasteiger partial charge in [-0.05, 0) is 18.9 Å². The van der Waals surface area contributed by atoms with Crippen LogP contribution >= 0.6 is 0 Å². The number of nitrogens with one attached hydrogen (secondary N) is 2. The van der Waals surface area contributed by atoms with Crippen molar-refractivity contribution in [3.8, 4) is 0 Å². The molecule has 18 heavy (non-hydrogen) atoms. The summed E-state index contributed by atoms with van der Waals surface area (Å²) >= 11 is 0. The number of carbonyl (C=O) groups excluding carboxylic acids is 2. The summed E-state index contributed by atoms with van der Waals surface area (Å²) in [5.74, 6) is 0.623. The molecule has 0 radical (unpaired) electrons. The predicted octanol–water partition coefficient (Wildman–Crippen LogP) is -0.780. The highest BCUT2D eigenvalue weighted by molar-refractivity contribution is 5.83. The number of nitrogens with zero attached hydrogens (tertiary/aromatic N) is 2. The van der Waals surface area contributed by atoms with E-state index in [1.165, 1.54) is 0 Å². The van der Waals surface area contributed by atoms with E-state index in [9.17, 15) is 9.59 Å². The van der Waals surface area contributed by atoms with Crippen LogP contribution in [0.15, 0.2) is 0 Å². The minimum Gasteiger partial charge on any atom is -0.337 e. The normalized spacial score (nSPS) is 35.6. The van der Waals surface area contributed by atoms with Gasteiger partial charge in [0, 0.05) is 26.2 Å². The van der Waals surface area contributed by atoms with Crippen LogP contribution in [-0.4, -0.2) is 66.5 Å². The van der Waals surface area contributed by atoms with Gasteiger partial charge in [0.2, 0.25) is 5.91 Å². The van der Waals surface area contributed by atoms with Gasteiger partial charge in [-0.3, -0.25) is 4.79 Å². The number of amides is 3. The lowest BCUT2D eigenvalue weighted by molar-refractivity contribution is -0.136. The molecule has 0 saturated carbocycles. The van der Waals surface area contributed by atoms with Crippen LogP contribution in [0.4, 0.5) is 4.79 Å². The number of hydrogen-bond donors (Lipinski definition) is 2. The maximum absolute atomic E-state index is 12.4. The van der Waals surface area contributed by atoms with E-state index < -0.39 is 0 Å². The van der Waals surface area contributed by atoms with Crippen molar-refractivity contribution in [3.63, 3.8) is 0 Å². The smallest absolute Gasteiger partial charge is 0.317 e. The van der Waals surface area contributed by atoms with Crippen molar-refractivity contribution in [1.82, 2.24) is 20.4 Å². The Balaban J connectivity index is 1.64. The molecule has 0 aromatic rings. The number of piperazine rings is 1. The molecule has 3 aliphatic heterocycles. The molecule has 0 bridgehead atoms. The van der Waals surface area contributed by atoms with E-state index in [2.05, 4.69) is 17.6 Å². The maximum Gasteiger partial charge on any atom is 0.317 e. The van der Waals surface area contributed by atoms with Crippen LogP contribution in [0.5, 0.6) is 0 Å². The summed E-state index contributed by atoms with van der Waals surface area (Å²) in [6.45, 7) is 5.70. The molecule has 3 heterocycles. The molecule has 0 aromatic carbocycles. The molecule has 3 unspecified atom stereocenters. The fraction of sp³-hybridized carbons (Fsp3) is 0.833. The fourth-order valence-electron chi connectivity index (χ4n) is 3.17. The first-order valence-corrected chi connectivity index (χ1v) is 6.73. The monoisotopic (exact) mass is 252 g/mol. The predicted molar refractivity (Wildman–Crippen MR) is 66.0 cm³/mol. The molecule has 3 fully saturated rings. The van der Waals surface area contributed by atoms with Crippen LogP contribution in [0.3, 0.4) is 0 Å². The fourth-order valence-corrected chi connectivity index (χ4v) is 3.17. The van der Waals surface area contributed by atoms with Crippen molar-refractivity contribution in [2.45, 2.75) is 25.4 Å². The summed E-state index contributed by atoms with van der Waals surface area (Å²) in [4.78, 5) is 27.7. The van der Waals surface area contributed by atoms with E-state index in [-0.39, 0.29) is 24.0 Å². The first-order valence-electron chi connectivity index (χ1n) is 6.73. The zero-order valence-corrected chi connectivity index (χ0v) is 10.7. The number of rotatable bonds is 1. The molecular formula is C12H20N4O2. The first kappa shape index (κ1) is 11.8. The van der Waals surface area contributed by atoms with E-state index in [1.54, 1.807) is 0 Å². The van der Waals surface area contributed by atoms with Crippen LogP contribution < -0.4 is 10.6 Å². The van der Waals surface area contributed by atoms with Gasteiger partial charge >= 0.3 is 6.03 Å². The van der Waals surface area contributed by atoms with Crippen molar-refractivity contribution in [1.29, 1.82) is 0 Å². The molecule has 100 valence electrons. The van der Waals surface area contributed by atoms with Crippen molar-refractivity contribution < 1.29 is 9.59 Å². The highest BCUT2D eigenvalue weighted by Gasteiger charge is 2.40. The molecule has 3 atom stereocenters. The van der Waals surface area contributed by atoms with Gasteiger partial charge < -0.3 is 20.4 Å². The zero-order chi connectivity index (χ0) is 12.7. The van der Waals surface area contributed by atoms with Crippen LogP contribution in [0, 0.1) is 5.92 Å². The number of carbonyl (C=O) groups is 2. The average molecular weight is 252 g/mol. The summed E-state index contributed by atoms with van der Waals surface area (Å²) in [5.41, 5.74) is 0. The van der Waals surface area contributed by atoms with Crippen molar-refractivity contribution >= 4 is 11.9 Å². The Morgan fingerprint density at radius 3 is 2.94 bits per heavy atom. The molecule has 0 aliphatic carbocycles. The minimum atomic E-state index is -0.0263. The third-order valence-corrected chi connectivity index (χ3v) is 4.34. The summed E-state index contributed by atoms with van der Waals surface area (Å²) in [6.07, 6.45) is 1.07. The number of urea groups is 1. The zero-order valence-electron chi connectivity index (χ0n) is 10.7. The summed E-state index contributed by atoms with van der Waals surface area (Å²) < 4.78 is 0. The van der Waals surface area contributed by atoms with E-state index >= 15 is 0 Å². The highest BCUT2D eigenvalue weighted by Crippen LogP contribution is 2.20. The third-order valence-electron chi connectivity index (χ3n) is 4.34. The molecule has 6 heteroatoms. The second kappa shape index (κ2) is 4.42. The minimum absolute atomic E-state index is 0.0134. The van der Waals surface area contributed by atoms with Gasteiger partial charge in [0.05, 0.1) is 12.1 Å². The average Bonchev–Trinajstić information content (AvgIpc) is 2.95. The van der Waals surface area contributed by atoms with Gasteiger partial charge in [-0.2, -0.15) is 0 Å². The Morgan fingerprint density at radius 1 is 1.39 bits per heavy atom. The van der Waals surface area contributed by atoms with Gasteiger partial charge in [-0.1, -0.05) is 6.92 Å². The number of fused-ring (bicyclic) bond motifs is 1. The lowest BCUT2D eigenvalue weighted by atomic mass is 10.0. The number of hydrogen-bond acceptors (Lipinski definition) is 3. The summed E-state index contributed by atoms with van der Waals surface area (Å²) in [6, 6.07) is 0.146. The van der Waals surface area contributed by atoms with Gasteiger partial charge in [-0.25, -0.2) is 4.79 Å². The van der Waals surface area contributed by atoms with Crippen molar-refractivity contribution in [2.24, 2.45) is 5.92 Å². The van der Waals surface area contributed by atoms with Crippen LogP contribution in [0.1, 0.15) is 13.3 Å². The van der Waals surface area contributed by atoms with E-state index in [0.717, 1.165) is 13.0 Å². The summed E-state index contributed by atoms with van der Waals surface area (Å²) in [7, 11) is 0. The molecule has 3 saturated heterocycles. The second-order valence-corrected chi connectivity index (χ2v) is 5.52. The van der Waals surface area contributed by atoms with Crippen LogP contribution in [0.25, 0.3) is 0 Å². The van der Waals surface area contributed by atoms with Crippen LogP contribution in [0.2, 0.25) is 0 Å². The molecule has 0 aromatic heterocycles. The van der Waals surface area contributed by atoms with Gasteiger partial charge in [0.15, 0.2) is 0 Å². The Morgan fingerprint density at radius 2 is 2.22 bits per heavy atom. The Hall–Kier alpha value is -1.30. The Bertz CT molecular complexity index is 373. The van der Waals surface area contributed by atoms with Gasteiger partial charge in [0.1, 0.15) is 0 Å². The largest absolute Gasteiger partial charge is 0.337 e. The SMILES string of the molecule is CC1CCNC1C(=O)N1CCN2C(=O)NCC2C1. The highest BCUT2D eigenvalue weighted by atomic mass is 16.2. The maximum atomic E-state index is 12.4. The molecule has 2 N–H and O–H groups in total. The molecule has 3 rings (SSSR count). The Labute approximate surface area is 107 Å². The van der Waals surface area contributed by atoms with Crippen molar-refractivity contribution in [3.05, 3.63) is 0 Å². The molecule has 3 amide bonds. The molecule has 6 nitrogen and oxygen atoms in total. The Kier molecular flexibility index (Phi) is 2.89.